The topological polar surface area (TPSA) is 116 Å². The van der Waals surface area contributed by atoms with Crippen molar-refractivity contribution in [2.75, 3.05) is 11.9 Å². The third-order valence-corrected chi connectivity index (χ3v) is 6.90. The van der Waals surface area contributed by atoms with E-state index in [9.17, 15) is 9.35 Å². The van der Waals surface area contributed by atoms with Crippen LogP contribution >= 0.6 is 15.9 Å². The van der Waals surface area contributed by atoms with Crippen LogP contribution in [-0.2, 0) is 16.1 Å². The van der Waals surface area contributed by atoms with Crippen LogP contribution in [-0.4, -0.2) is 43.2 Å². The minimum atomic E-state index is -1.65. The molecule has 34 heavy (non-hydrogen) atoms. The molecule has 0 spiro atoms. The molecule has 0 bridgehead atoms. The number of amides is 1. The Bertz CT molecular complexity index is 981. The van der Waals surface area contributed by atoms with Crippen molar-refractivity contribution in [1.82, 2.24) is 14.9 Å². The van der Waals surface area contributed by atoms with E-state index in [1.165, 1.54) is 0 Å². The molecule has 2 aromatic heterocycles. The maximum Gasteiger partial charge on any atom is 0.410 e. The first-order valence-corrected chi connectivity index (χ1v) is 13.4. The molecule has 0 aliphatic carbocycles. The van der Waals surface area contributed by atoms with Crippen LogP contribution in [0, 0.1) is 5.92 Å². The summed E-state index contributed by atoms with van der Waals surface area (Å²) in [5, 5.41) is 9.26. The number of aromatic nitrogens is 2. The van der Waals surface area contributed by atoms with Crippen LogP contribution in [0.4, 0.5) is 10.6 Å². The molecular formula is C24H34BrN5O3S. The number of anilines is 1. The van der Waals surface area contributed by atoms with E-state index >= 15 is 0 Å². The Balaban J connectivity index is 1.72. The number of carbonyl (C=O) groups excluding carboxylic acids is 1. The van der Waals surface area contributed by atoms with Gasteiger partial charge in [0.05, 0.1) is 23.1 Å². The summed E-state index contributed by atoms with van der Waals surface area (Å²) in [6.07, 6.45) is 4.08. The molecule has 2 aromatic rings. The molecule has 1 saturated heterocycles. The molecule has 8 nitrogen and oxygen atoms in total. The average molecular weight is 553 g/mol. The predicted octanol–water partition coefficient (Wildman–Crippen LogP) is 5.19. The van der Waals surface area contributed by atoms with E-state index in [1.807, 2.05) is 43.9 Å². The van der Waals surface area contributed by atoms with Crippen LogP contribution in [0.5, 0.6) is 0 Å². The minimum absolute atomic E-state index is 0.110. The Morgan fingerprint density at radius 1 is 1.38 bits per heavy atom. The fourth-order valence-corrected chi connectivity index (χ4v) is 4.93. The second kappa shape index (κ2) is 10.8. The first-order valence-electron chi connectivity index (χ1n) is 11.4. The highest BCUT2D eigenvalue weighted by Gasteiger charge is 2.42. The Labute approximate surface area is 213 Å². The molecule has 3 heterocycles. The maximum atomic E-state index is 12.8. The number of ether oxygens (including phenoxy) is 1. The highest BCUT2D eigenvalue weighted by molar-refractivity contribution is 9.10. The van der Waals surface area contributed by atoms with Gasteiger partial charge >= 0.3 is 6.09 Å². The molecular weight excluding hydrogens is 518 g/mol. The number of hydrogen-bond donors (Lipinski definition) is 2. The minimum Gasteiger partial charge on any atom is -0.592 e. The van der Waals surface area contributed by atoms with Gasteiger partial charge in [-0.05, 0) is 93.9 Å². The van der Waals surface area contributed by atoms with Gasteiger partial charge in [0.1, 0.15) is 11.4 Å². The lowest BCUT2D eigenvalue weighted by Gasteiger charge is -2.33. The van der Waals surface area contributed by atoms with Crippen molar-refractivity contribution in [3.05, 3.63) is 46.7 Å². The Hall–Kier alpha value is -1.88. The Kier molecular flexibility index (Phi) is 8.49. The molecule has 1 aliphatic heterocycles. The molecule has 0 radical (unpaired) electrons. The number of hydrogen-bond acceptors (Lipinski definition) is 7. The van der Waals surface area contributed by atoms with Gasteiger partial charge in [-0.3, -0.25) is 4.98 Å². The molecule has 3 N–H and O–H groups in total. The van der Waals surface area contributed by atoms with E-state index in [0.717, 1.165) is 29.4 Å². The lowest BCUT2D eigenvalue weighted by atomic mass is 9.91. The molecule has 0 aromatic carbocycles. The zero-order valence-corrected chi connectivity index (χ0v) is 22.8. The Morgan fingerprint density at radius 3 is 2.74 bits per heavy atom. The van der Waals surface area contributed by atoms with Crippen molar-refractivity contribution in [2.24, 2.45) is 11.1 Å². The van der Waals surface area contributed by atoms with E-state index in [0.29, 0.717) is 23.3 Å². The van der Waals surface area contributed by atoms with Gasteiger partial charge in [-0.2, -0.15) is 4.98 Å². The average Bonchev–Trinajstić information content (AvgIpc) is 3.05. The Morgan fingerprint density at radius 2 is 2.12 bits per heavy atom. The quantitative estimate of drug-likeness (QED) is 0.454. The number of nitrogens with one attached hydrogen (secondary N) is 1. The third kappa shape index (κ3) is 7.31. The molecule has 10 heteroatoms. The molecule has 1 fully saturated rings. The zero-order chi connectivity index (χ0) is 25.1. The molecule has 186 valence electrons. The molecule has 1 aliphatic rings. The van der Waals surface area contributed by atoms with Crippen molar-refractivity contribution in [2.45, 2.75) is 76.1 Å². The number of likely N-dealkylation sites (tertiary alicyclic amines) is 1. The summed E-state index contributed by atoms with van der Waals surface area (Å²) in [4.78, 5) is 23.6. The van der Waals surface area contributed by atoms with E-state index in [-0.39, 0.29) is 17.7 Å². The van der Waals surface area contributed by atoms with Gasteiger partial charge < -0.3 is 19.5 Å². The normalized spacial score (nSPS) is 19.5. The van der Waals surface area contributed by atoms with Gasteiger partial charge in [0.25, 0.3) is 5.03 Å². The SMILES string of the molecule is CC(C)(C)OC(=O)N1CC(CCC(Nc2cccc([S+](N)[O-])n2)c2ccc(Br)cn2)CC1(C)C. The number of nitrogens with zero attached hydrogens (tertiary/aromatic N) is 3. The van der Waals surface area contributed by atoms with E-state index in [1.54, 1.807) is 18.3 Å². The summed E-state index contributed by atoms with van der Waals surface area (Å²) >= 11 is 1.79. The monoisotopic (exact) mass is 551 g/mol. The second-order valence-corrected chi connectivity index (χ2v) is 12.2. The van der Waals surface area contributed by atoms with Gasteiger partial charge in [0, 0.05) is 28.8 Å². The molecule has 1 amide bonds. The highest BCUT2D eigenvalue weighted by Crippen LogP contribution is 2.37. The van der Waals surface area contributed by atoms with Crippen molar-refractivity contribution in [1.29, 1.82) is 0 Å². The lowest BCUT2D eigenvalue weighted by Crippen LogP contribution is -2.45. The number of nitrogens with two attached hydrogens (primary N) is 1. The largest absolute Gasteiger partial charge is 0.592 e. The standard InChI is InChI=1S/C24H34BrN5O3S/c1-23(2,3)33-22(31)30-15-16(13-24(30,4)5)9-11-19(18-12-10-17(25)14-27-18)28-20-7-6-8-21(29-20)34(26)32/h6-8,10,12,14,16,19H,9,11,13,15,26H2,1-5H3,(H,28,29). The number of halogens is 1. The van der Waals surface area contributed by atoms with Crippen LogP contribution in [0.2, 0.25) is 0 Å². The first-order chi connectivity index (χ1) is 15.8. The third-order valence-electron chi connectivity index (χ3n) is 5.80. The number of rotatable bonds is 7. The smallest absolute Gasteiger partial charge is 0.410 e. The van der Waals surface area contributed by atoms with Gasteiger partial charge in [0.2, 0.25) is 0 Å². The fourth-order valence-electron chi connectivity index (χ4n) is 4.29. The maximum absolute atomic E-state index is 12.8. The number of pyridine rings is 2. The van der Waals surface area contributed by atoms with Crippen LogP contribution in [0.15, 0.2) is 46.0 Å². The van der Waals surface area contributed by atoms with Crippen molar-refractivity contribution in [3.63, 3.8) is 0 Å². The summed E-state index contributed by atoms with van der Waals surface area (Å²) in [5.41, 5.74) is 0.0836. The molecule has 3 atom stereocenters. The van der Waals surface area contributed by atoms with Gasteiger partial charge in [-0.25, -0.2) is 4.79 Å². The van der Waals surface area contributed by atoms with Crippen molar-refractivity contribution >= 4 is 39.2 Å². The zero-order valence-electron chi connectivity index (χ0n) is 20.4. The first kappa shape index (κ1) is 26.7. The van der Waals surface area contributed by atoms with Crippen LogP contribution in [0.1, 0.15) is 65.6 Å². The summed E-state index contributed by atoms with van der Waals surface area (Å²) in [5.74, 6) is 0.922. The second-order valence-electron chi connectivity index (χ2n) is 10.3. The van der Waals surface area contributed by atoms with Crippen molar-refractivity contribution < 1.29 is 14.1 Å². The van der Waals surface area contributed by atoms with E-state index < -0.39 is 17.0 Å². The van der Waals surface area contributed by atoms with Gasteiger partial charge in [-0.1, -0.05) is 6.07 Å². The summed E-state index contributed by atoms with van der Waals surface area (Å²) in [6.45, 7) is 10.5. The van der Waals surface area contributed by atoms with Gasteiger partial charge in [-0.15, -0.1) is 5.14 Å². The fraction of sp³-hybridized carbons (Fsp3) is 0.542. The van der Waals surface area contributed by atoms with Crippen LogP contribution < -0.4 is 10.5 Å². The summed E-state index contributed by atoms with van der Waals surface area (Å²) in [7, 11) is 0. The highest BCUT2D eigenvalue weighted by atomic mass is 79.9. The van der Waals surface area contributed by atoms with Gasteiger partial charge in [0.15, 0.2) is 0 Å². The van der Waals surface area contributed by atoms with E-state index in [2.05, 4.69) is 45.1 Å². The summed E-state index contributed by atoms with van der Waals surface area (Å²) < 4.78 is 18.2. The summed E-state index contributed by atoms with van der Waals surface area (Å²) in [6, 6.07) is 9.06. The molecule has 3 unspecified atom stereocenters. The molecule has 0 saturated carbocycles. The molecule has 3 rings (SSSR count). The van der Waals surface area contributed by atoms with Crippen molar-refractivity contribution in [3.8, 4) is 0 Å². The predicted molar refractivity (Wildman–Crippen MR) is 137 cm³/mol. The number of carbonyl (C=O) groups is 1. The van der Waals surface area contributed by atoms with E-state index in [4.69, 9.17) is 9.88 Å². The van der Waals surface area contributed by atoms with Crippen LogP contribution in [0.3, 0.4) is 0 Å². The van der Waals surface area contributed by atoms with Crippen LogP contribution in [0.25, 0.3) is 0 Å². The lowest BCUT2D eigenvalue weighted by molar-refractivity contribution is 0.0131.